The van der Waals surface area contributed by atoms with Gasteiger partial charge in [0.05, 0.1) is 15.6 Å². The van der Waals surface area contributed by atoms with Crippen molar-refractivity contribution >= 4 is 28.9 Å². The van der Waals surface area contributed by atoms with E-state index in [9.17, 15) is 14.5 Å². The number of hydrogen-bond acceptors (Lipinski definition) is 6. The summed E-state index contributed by atoms with van der Waals surface area (Å²) in [7, 11) is 0. The lowest BCUT2D eigenvalue weighted by Gasteiger charge is -2.13. The van der Waals surface area contributed by atoms with Crippen molar-refractivity contribution in [1.82, 2.24) is 9.97 Å². The number of nitrogens with two attached hydrogens (primary N) is 2. The third kappa shape index (κ3) is 3.07. The molecule has 9 heteroatoms. The second-order valence-corrected chi connectivity index (χ2v) is 5.52. The highest BCUT2D eigenvalue weighted by Gasteiger charge is 2.23. The maximum absolute atomic E-state index is 14.3. The van der Waals surface area contributed by atoms with Crippen LogP contribution in [0.25, 0.3) is 22.4 Å². The minimum Gasteiger partial charge on any atom is -0.384 e. The van der Waals surface area contributed by atoms with Gasteiger partial charge in [-0.2, -0.15) is 0 Å². The van der Waals surface area contributed by atoms with E-state index in [2.05, 4.69) is 9.97 Å². The van der Waals surface area contributed by atoms with E-state index in [-0.39, 0.29) is 33.5 Å². The minimum atomic E-state index is -0.671. The molecule has 4 N–H and O–H groups in total. The molecule has 0 amide bonds. The molecule has 3 rings (SSSR count). The first kappa shape index (κ1) is 16.6. The lowest BCUT2D eigenvalue weighted by atomic mass is 9.99. The summed E-state index contributed by atoms with van der Waals surface area (Å²) in [6.45, 7) is 0. The SMILES string of the molecule is Nc1cc(-c2cc([N+](=O)[O-])c(N)nc2-c2ccccc2F)c(Cl)cn1. The fraction of sp³-hybridized carbons (Fsp3) is 0. The Kier molecular flexibility index (Phi) is 4.20. The molecule has 0 bridgehead atoms. The monoisotopic (exact) mass is 359 g/mol. The number of nitrogens with zero attached hydrogens (tertiary/aromatic N) is 3. The predicted octanol–water partition coefficient (Wildman–Crippen LogP) is 3.68. The van der Waals surface area contributed by atoms with Crippen LogP contribution in [0.4, 0.5) is 21.7 Å². The highest BCUT2D eigenvalue weighted by molar-refractivity contribution is 6.33. The Morgan fingerprint density at radius 2 is 1.84 bits per heavy atom. The molecule has 0 fully saturated rings. The zero-order chi connectivity index (χ0) is 18.1. The van der Waals surface area contributed by atoms with Crippen LogP contribution < -0.4 is 11.5 Å². The smallest absolute Gasteiger partial charge is 0.311 e. The molecule has 25 heavy (non-hydrogen) atoms. The second kappa shape index (κ2) is 6.33. The first-order valence-corrected chi connectivity index (χ1v) is 7.37. The van der Waals surface area contributed by atoms with Crippen molar-refractivity contribution in [2.75, 3.05) is 11.5 Å². The summed E-state index contributed by atoms with van der Waals surface area (Å²) in [5.41, 5.74) is 11.8. The number of aromatic nitrogens is 2. The van der Waals surface area contributed by atoms with Crippen LogP contribution in [0.5, 0.6) is 0 Å². The average molecular weight is 360 g/mol. The van der Waals surface area contributed by atoms with Gasteiger partial charge in [-0.3, -0.25) is 10.1 Å². The zero-order valence-corrected chi connectivity index (χ0v) is 13.4. The normalized spacial score (nSPS) is 10.6. The lowest BCUT2D eigenvalue weighted by Crippen LogP contribution is -2.03. The van der Waals surface area contributed by atoms with Gasteiger partial charge in [-0.05, 0) is 18.2 Å². The summed E-state index contributed by atoms with van der Waals surface area (Å²) in [4.78, 5) is 18.4. The lowest BCUT2D eigenvalue weighted by molar-refractivity contribution is -0.384. The molecule has 126 valence electrons. The Labute approximate surface area is 146 Å². The van der Waals surface area contributed by atoms with E-state index in [1.165, 1.54) is 36.5 Å². The first-order chi connectivity index (χ1) is 11.9. The molecule has 2 heterocycles. The quantitative estimate of drug-likeness (QED) is 0.543. The topological polar surface area (TPSA) is 121 Å². The van der Waals surface area contributed by atoms with Crippen LogP contribution in [-0.4, -0.2) is 14.9 Å². The molecule has 7 nitrogen and oxygen atoms in total. The summed E-state index contributed by atoms with van der Waals surface area (Å²) in [6.07, 6.45) is 1.31. The van der Waals surface area contributed by atoms with E-state index in [0.29, 0.717) is 5.56 Å². The number of halogens is 2. The molecule has 2 aromatic heterocycles. The van der Waals surface area contributed by atoms with Crippen molar-refractivity contribution in [3.63, 3.8) is 0 Å². The molecule has 0 aliphatic carbocycles. The van der Waals surface area contributed by atoms with Gasteiger partial charge >= 0.3 is 5.69 Å². The molecule has 3 aromatic rings. The fourth-order valence-corrected chi connectivity index (χ4v) is 2.59. The molecule has 0 aliphatic rings. The van der Waals surface area contributed by atoms with Crippen LogP contribution in [0.1, 0.15) is 0 Å². The van der Waals surface area contributed by atoms with Crippen molar-refractivity contribution in [2.24, 2.45) is 0 Å². The summed E-state index contributed by atoms with van der Waals surface area (Å²) < 4.78 is 14.3. The summed E-state index contributed by atoms with van der Waals surface area (Å²) in [6, 6.07) is 8.51. The third-order valence-corrected chi connectivity index (χ3v) is 3.82. The van der Waals surface area contributed by atoms with Crippen molar-refractivity contribution in [1.29, 1.82) is 0 Å². The predicted molar refractivity (Wildman–Crippen MR) is 93.4 cm³/mol. The summed E-state index contributed by atoms with van der Waals surface area (Å²) in [5.74, 6) is -0.730. The zero-order valence-electron chi connectivity index (χ0n) is 12.6. The maximum atomic E-state index is 14.3. The van der Waals surface area contributed by atoms with Gasteiger partial charge in [0.1, 0.15) is 11.6 Å². The summed E-state index contributed by atoms with van der Waals surface area (Å²) in [5, 5.41) is 11.4. The van der Waals surface area contributed by atoms with Crippen LogP contribution in [0.15, 0.2) is 42.6 Å². The van der Waals surface area contributed by atoms with E-state index in [4.69, 9.17) is 23.1 Å². The number of anilines is 2. The molecule has 1 aromatic carbocycles. The Morgan fingerprint density at radius 1 is 1.12 bits per heavy atom. The van der Waals surface area contributed by atoms with Crippen LogP contribution >= 0.6 is 11.6 Å². The Hall–Kier alpha value is -3.26. The molecular weight excluding hydrogens is 349 g/mol. The Morgan fingerprint density at radius 3 is 2.52 bits per heavy atom. The van der Waals surface area contributed by atoms with E-state index in [1.54, 1.807) is 6.07 Å². The van der Waals surface area contributed by atoms with Crippen molar-refractivity contribution in [3.05, 3.63) is 63.5 Å². The number of hydrogen-bond donors (Lipinski definition) is 2. The highest BCUT2D eigenvalue weighted by Crippen LogP contribution is 2.39. The van der Waals surface area contributed by atoms with Gasteiger partial charge in [0.25, 0.3) is 0 Å². The third-order valence-electron chi connectivity index (χ3n) is 3.52. The molecule has 0 unspecified atom stereocenters. The van der Waals surface area contributed by atoms with Gasteiger partial charge in [-0.1, -0.05) is 23.7 Å². The van der Waals surface area contributed by atoms with E-state index in [1.807, 2.05) is 0 Å². The van der Waals surface area contributed by atoms with Gasteiger partial charge in [0, 0.05) is 29.0 Å². The van der Waals surface area contributed by atoms with Crippen molar-refractivity contribution in [3.8, 4) is 22.4 Å². The second-order valence-electron chi connectivity index (χ2n) is 5.11. The largest absolute Gasteiger partial charge is 0.384 e. The Balaban J connectivity index is 2.39. The number of nitrogen functional groups attached to an aromatic ring is 2. The van der Waals surface area contributed by atoms with Crippen LogP contribution in [0, 0.1) is 15.9 Å². The van der Waals surface area contributed by atoms with E-state index < -0.39 is 16.4 Å². The molecular formula is C16H11ClFN5O2. The molecule has 0 aliphatic heterocycles. The Bertz CT molecular complexity index is 996. The fourth-order valence-electron chi connectivity index (χ4n) is 2.39. The number of benzene rings is 1. The number of pyridine rings is 2. The minimum absolute atomic E-state index is 0.119. The van der Waals surface area contributed by atoms with Crippen molar-refractivity contribution < 1.29 is 9.31 Å². The van der Waals surface area contributed by atoms with Gasteiger partial charge in [-0.15, -0.1) is 0 Å². The molecule has 0 spiro atoms. The average Bonchev–Trinajstić information content (AvgIpc) is 2.57. The van der Waals surface area contributed by atoms with E-state index in [0.717, 1.165) is 0 Å². The summed E-state index contributed by atoms with van der Waals surface area (Å²) >= 11 is 6.16. The van der Waals surface area contributed by atoms with Crippen LogP contribution in [0.3, 0.4) is 0 Å². The first-order valence-electron chi connectivity index (χ1n) is 6.99. The molecule has 0 saturated heterocycles. The van der Waals surface area contributed by atoms with Gasteiger partial charge in [-0.25, -0.2) is 14.4 Å². The van der Waals surface area contributed by atoms with Gasteiger partial charge in [0.15, 0.2) is 0 Å². The number of nitro groups is 1. The highest BCUT2D eigenvalue weighted by atomic mass is 35.5. The molecule has 0 atom stereocenters. The van der Waals surface area contributed by atoms with Crippen molar-refractivity contribution in [2.45, 2.75) is 0 Å². The van der Waals surface area contributed by atoms with E-state index >= 15 is 0 Å². The van der Waals surface area contributed by atoms with Crippen LogP contribution in [-0.2, 0) is 0 Å². The molecule has 0 saturated carbocycles. The van der Waals surface area contributed by atoms with Crippen LogP contribution in [0.2, 0.25) is 5.02 Å². The number of rotatable bonds is 3. The van der Waals surface area contributed by atoms with Gasteiger partial charge in [0.2, 0.25) is 5.82 Å². The maximum Gasteiger partial charge on any atom is 0.311 e. The van der Waals surface area contributed by atoms with Gasteiger partial charge < -0.3 is 11.5 Å². The standard InChI is InChI=1S/C16H11ClFN5O2/c17-11-7-21-14(19)6-9(11)10-5-13(23(24)25)16(20)22-15(10)8-3-1-2-4-12(8)18/h1-7H,(H2,19,21)(H2,20,22). The molecule has 0 radical (unpaired) electrons.